The summed E-state index contributed by atoms with van der Waals surface area (Å²) < 4.78 is 7.81. The highest BCUT2D eigenvalue weighted by atomic mass is 16.5. The van der Waals surface area contributed by atoms with E-state index in [0.29, 0.717) is 25.3 Å². The van der Waals surface area contributed by atoms with E-state index in [-0.39, 0.29) is 24.5 Å². The van der Waals surface area contributed by atoms with Crippen LogP contribution in [0.1, 0.15) is 61.2 Å². The fourth-order valence-electron chi connectivity index (χ4n) is 4.55. The van der Waals surface area contributed by atoms with E-state index in [1.54, 1.807) is 4.90 Å². The lowest BCUT2D eigenvalue weighted by atomic mass is 10.1. The zero-order valence-electron chi connectivity index (χ0n) is 21.6. The zero-order chi connectivity index (χ0) is 24.8. The lowest BCUT2D eigenvalue weighted by Crippen LogP contribution is -2.42. The molecule has 7 heteroatoms. The molecule has 0 bridgehead atoms. The van der Waals surface area contributed by atoms with Gasteiger partial charge in [-0.2, -0.15) is 5.10 Å². The molecule has 0 saturated carbocycles. The van der Waals surface area contributed by atoms with E-state index in [1.165, 1.54) is 0 Å². The summed E-state index contributed by atoms with van der Waals surface area (Å²) in [5, 5.41) is 7.66. The lowest BCUT2D eigenvalue weighted by molar-refractivity contribution is -0.136. The molecule has 1 aliphatic rings. The van der Waals surface area contributed by atoms with Crippen molar-refractivity contribution in [3.05, 3.63) is 46.3 Å². The summed E-state index contributed by atoms with van der Waals surface area (Å²) in [7, 11) is 0. The van der Waals surface area contributed by atoms with Crippen LogP contribution in [0, 0.1) is 33.6 Å². The summed E-state index contributed by atoms with van der Waals surface area (Å²) in [6, 6.07) is 5.84. The number of benzene rings is 1. The van der Waals surface area contributed by atoms with Gasteiger partial charge < -0.3 is 15.0 Å². The first-order valence-corrected chi connectivity index (χ1v) is 12.4. The van der Waals surface area contributed by atoms with Crippen molar-refractivity contribution in [1.82, 2.24) is 14.7 Å². The zero-order valence-corrected chi connectivity index (χ0v) is 21.6. The number of nitrogens with one attached hydrogen (secondary N) is 1. The van der Waals surface area contributed by atoms with E-state index in [9.17, 15) is 9.59 Å². The molecule has 1 aromatic carbocycles. The Morgan fingerprint density at radius 2 is 2.00 bits per heavy atom. The minimum absolute atomic E-state index is 0.00489. The Balaban J connectivity index is 1.67. The standard InChI is InChI=1S/C27H40N4O3/c1-18(2)15-31-22(6)24(21(5)29-31)12-13-27(33)30(16-23-10-8-14-34-23)17-26(32)28-25-11-7-9-19(3)20(25)4/h7,9,11,18,23H,8,10,12-17H2,1-6H3,(H,28,32). The number of ether oxygens (including phenoxy) is 1. The van der Waals surface area contributed by atoms with Crippen LogP contribution < -0.4 is 5.32 Å². The molecule has 7 nitrogen and oxygen atoms in total. The second-order valence-corrected chi connectivity index (χ2v) is 9.93. The number of aromatic nitrogens is 2. The molecule has 0 radical (unpaired) electrons. The molecule has 1 fully saturated rings. The maximum atomic E-state index is 13.3. The summed E-state index contributed by atoms with van der Waals surface area (Å²) >= 11 is 0. The minimum atomic E-state index is -0.183. The number of aryl methyl sites for hydroxylation is 2. The van der Waals surface area contributed by atoms with Gasteiger partial charge in [0.1, 0.15) is 0 Å². The number of amides is 2. The second-order valence-electron chi connectivity index (χ2n) is 9.93. The molecule has 2 aromatic rings. The number of carbonyl (C=O) groups excluding carboxylic acids is 2. The number of rotatable bonds is 10. The summed E-state index contributed by atoms with van der Waals surface area (Å²) in [5.41, 5.74) is 6.18. The van der Waals surface area contributed by atoms with Crippen LogP contribution in [0.5, 0.6) is 0 Å². The third-order valence-corrected chi connectivity index (χ3v) is 6.67. The van der Waals surface area contributed by atoms with Crippen molar-refractivity contribution in [2.45, 2.75) is 79.9 Å². The number of nitrogens with zero attached hydrogens (tertiary/aromatic N) is 3. The summed E-state index contributed by atoms with van der Waals surface area (Å²) in [4.78, 5) is 27.8. The molecular weight excluding hydrogens is 428 g/mol. The Bertz CT molecular complexity index is 1010. The Kier molecular flexibility index (Phi) is 8.89. The molecule has 0 aliphatic carbocycles. The number of anilines is 1. The summed E-state index contributed by atoms with van der Waals surface area (Å²) in [6.45, 7) is 14.5. The molecule has 34 heavy (non-hydrogen) atoms. The number of hydrogen-bond acceptors (Lipinski definition) is 4. The van der Waals surface area contributed by atoms with Gasteiger partial charge in [-0.25, -0.2) is 0 Å². The van der Waals surface area contributed by atoms with Gasteiger partial charge in [0.25, 0.3) is 0 Å². The van der Waals surface area contributed by atoms with Crippen LogP contribution in [0.25, 0.3) is 0 Å². The van der Waals surface area contributed by atoms with Gasteiger partial charge in [-0.1, -0.05) is 26.0 Å². The molecule has 186 valence electrons. The van der Waals surface area contributed by atoms with Gasteiger partial charge in [-0.15, -0.1) is 0 Å². The number of hydrogen-bond donors (Lipinski definition) is 1. The van der Waals surface area contributed by atoms with Gasteiger partial charge in [-0.3, -0.25) is 14.3 Å². The van der Waals surface area contributed by atoms with Crippen LogP contribution in [-0.2, 0) is 27.3 Å². The molecule has 2 amide bonds. The molecule has 1 aromatic heterocycles. The fraction of sp³-hybridized carbons (Fsp3) is 0.593. The first-order valence-electron chi connectivity index (χ1n) is 12.4. The topological polar surface area (TPSA) is 76.5 Å². The van der Waals surface area contributed by atoms with Crippen LogP contribution in [0.15, 0.2) is 18.2 Å². The SMILES string of the molecule is Cc1cccc(NC(=O)CN(CC2CCCO2)C(=O)CCc2c(C)nn(CC(C)C)c2C)c1C. The third-order valence-electron chi connectivity index (χ3n) is 6.67. The smallest absolute Gasteiger partial charge is 0.244 e. The van der Waals surface area contributed by atoms with E-state index >= 15 is 0 Å². The predicted molar refractivity (Wildman–Crippen MR) is 135 cm³/mol. The van der Waals surface area contributed by atoms with Crippen LogP contribution in [0.3, 0.4) is 0 Å². The molecule has 2 heterocycles. The maximum Gasteiger partial charge on any atom is 0.244 e. The molecular formula is C27H40N4O3. The first-order chi connectivity index (χ1) is 16.2. The molecule has 1 aliphatic heterocycles. The summed E-state index contributed by atoms with van der Waals surface area (Å²) in [6.07, 6.45) is 2.88. The quantitative estimate of drug-likeness (QED) is 0.562. The molecule has 1 unspecified atom stereocenters. The summed E-state index contributed by atoms with van der Waals surface area (Å²) in [5.74, 6) is 0.295. The third kappa shape index (κ3) is 6.69. The Labute approximate surface area is 203 Å². The highest BCUT2D eigenvalue weighted by molar-refractivity contribution is 5.95. The monoisotopic (exact) mass is 468 g/mol. The average Bonchev–Trinajstić information content (AvgIpc) is 3.37. The Hall–Kier alpha value is -2.67. The number of carbonyl (C=O) groups is 2. The minimum Gasteiger partial charge on any atom is -0.376 e. The Morgan fingerprint density at radius 3 is 2.68 bits per heavy atom. The molecule has 1 saturated heterocycles. The molecule has 1 atom stereocenters. The van der Waals surface area contributed by atoms with Crippen molar-refractivity contribution in [1.29, 1.82) is 0 Å². The van der Waals surface area contributed by atoms with Gasteiger partial charge >= 0.3 is 0 Å². The highest BCUT2D eigenvalue weighted by Gasteiger charge is 2.25. The van der Waals surface area contributed by atoms with Crippen LogP contribution >= 0.6 is 0 Å². The van der Waals surface area contributed by atoms with Gasteiger partial charge in [0.2, 0.25) is 11.8 Å². The van der Waals surface area contributed by atoms with E-state index in [2.05, 4.69) is 31.2 Å². The normalized spacial score (nSPS) is 15.7. The maximum absolute atomic E-state index is 13.3. The van der Waals surface area contributed by atoms with E-state index < -0.39 is 0 Å². The lowest BCUT2D eigenvalue weighted by Gasteiger charge is -2.25. The van der Waals surface area contributed by atoms with E-state index in [4.69, 9.17) is 4.74 Å². The van der Waals surface area contributed by atoms with Crippen molar-refractivity contribution in [2.24, 2.45) is 5.92 Å². The van der Waals surface area contributed by atoms with Crippen molar-refractivity contribution >= 4 is 17.5 Å². The van der Waals surface area contributed by atoms with Gasteiger partial charge in [0.05, 0.1) is 18.3 Å². The molecule has 1 N–H and O–H groups in total. The molecule has 3 rings (SSSR count). The van der Waals surface area contributed by atoms with Crippen molar-refractivity contribution in [2.75, 3.05) is 25.0 Å². The second kappa shape index (κ2) is 11.6. The fourth-order valence-corrected chi connectivity index (χ4v) is 4.55. The van der Waals surface area contributed by atoms with Crippen molar-refractivity contribution < 1.29 is 14.3 Å². The van der Waals surface area contributed by atoms with Crippen molar-refractivity contribution in [3.8, 4) is 0 Å². The van der Waals surface area contributed by atoms with Crippen LogP contribution in [-0.4, -0.2) is 52.3 Å². The van der Waals surface area contributed by atoms with Crippen LogP contribution in [0.2, 0.25) is 0 Å². The van der Waals surface area contributed by atoms with Gasteiger partial charge in [-0.05, 0) is 75.6 Å². The first kappa shape index (κ1) is 25.9. The molecule has 0 spiro atoms. The van der Waals surface area contributed by atoms with Crippen molar-refractivity contribution in [3.63, 3.8) is 0 Å². The predicted octanol–water partition coefficient (Wildman–Crippen LogP) is 4.35. The Morgan fingerprint density at radius 1 is 1.24 bits per heavy atom. The van der Waals surface area contributed by atoms with Gasteiger partial charge in [0.15, 0.2) is 0 Å². The van der Waals surface area contributed by atoms with Gasteiger partial charge in [0, 0.05) is 37.5 Å². The largest absolute Gasteiger partial charge is 0.376 e. The highest BCUT2D eigenvalue weighted by Crippen LogP contribution is 2.20. The van der Waals surface area contributed by atoms with E-state index in [1.807, 2.05) is 43.7 Å². The average molecular weight is 469 g/mol. The van der Waals surface area contributed by atoms with E-state index in [0.717, 1.165) is 59.8 Å². The van der Waals surface area contributed by atoms with Crippen LogP contribution in [0.4, 0.5) is 5.69 Å².